The maximum absolute atomic E-state index is 13.1. The zero-order valence-corrected chi connectivity index (χ0v) is 13.0. The monoisotopic (exact) mass is 316 g/mol. The van der Waals surface area contributed by atoms with Crippen LogP contribution in [0.3, 0.4) is 0 Å². The molecule has 1 saturated heterocycles. The topological polar surface area (TPSA) is 45.5 Å². The van der Waals surface area contributed by atoms with E-state index in [1.54, 1.807) is 18.4 Å². The molecule has 1 aromatic carbocycles. The van der Waals surface area contributed by atoms with Crippen LogP contribution >= 0.6 is 0 Å². The van der Waals surface area contributed by atoms with E-state index in [0.29, 0.717) is 18.0 Å². The first-order chi connectivity index (χ1) is 11.2. The van der Waals surface area contributed by atoms with Crippen molar-refractivity contribution in [2.24, 2.45) is 5.92 Å². The van der Waals surface area contributed by atoms with Gasteiger partial charge in [-0.15, -0.1) is 0 Å². The van der Waals surface area contributed by atoms with Gasteiger partial charge in [0.15, 0.2) is 0 Å². The number of carbonyl (C=O) groups excluding carboxylic acids is 1. The van der Waals surface area contributed by atoms with Crippen LogP contribution < -0.4 is 5.32 Å². The summed E-state index contributed by atoms with van der Waals surface area (Å²) in [5.74, 6) is 0.870. The predicted octanol–water partition coefficient (Wildman–Crippen LogP) is 3.06. The van der Waals surface area contributed by atoms with E-state index in [1.165, 1.54) is 12.1 Å². The molecule has 1 amide bonds. The number of halogens is 1. The van der Waals surface area contributed by atoms with Crippen molar-refractivity contribution < 1.29 is 13.6 Å². The van der Waals surface area contributed by atoms with Gasteiger partial charge in [0, 0.05) is 12.1 Å². The summed E-state index contributed by atoms with van der Waals surface area (Å²) in [6.45, 7) is 3.49. The van der Waals surface area contributed by atoms with Crippen molar-refractivity contribution in [3.05, 3.63) is 59.8 Å². The minimum Gasteiger partial charge on any atom is -0.468 e. The molecule has 0 spiro atoms. The van der Waals surface area contributed by atoms with Gasteiger partial charge < -0.3 is 9.73 Å². The summed E-state index contributed by atoms with van der Waals surface area (Å²) in [6.07, 6.45) is 3.79. The van der Waals surface area contributed by atoms with E-state index >= 15 is 0 Å². The molecular weight excluding hydrogens is 295 g/mol. The zero-order chi connectivity index (χ0) is 16.1. The second-order valence-electron chi connectivity index (χ2n) is 6.02. The molecule has 122 valence electrons. The minimum atomic E-state index is -0.385. The first-order valence-electron chi connectivity index (χ1n) is 7.99. The van der Waals surface area contributed by atoms with E-state index in [0.717, 1.165) is 38.2 Å². The molecule has 3 rings (SSSR count). The molecule has 0 aliphatic carbocycles. The van der Waals surface area contributed by atoms with Crippen LogP contribution in [0, 0.1) is 11.7 Å². The minimum absolute atomic E-state index is 0.206. The number of nitrogens with zero attached hydrogens (tertiary/aromatic N) is 1. The summed E-state index contributed by atoms with van der Waals surface area (Å²) < 4.78 is 18.5. The molecule has 0 radical (unpaired) electrons. The quantitative estimate of drug-likeness (QED) is 0.922. The van der Waals surface area contributed by atoms with E-state index in [2.05, 4.69) is 10.2 Å². The largest absolute Gasteiger partial charge is 0.468 e. The summed E-state index contributed by atoms with van der Waals surface area (Å²) in [7, 11) is 0. The summed E-state index contributed by atoms with van der Waals surface area (Å²) in [5, 5.41) is 2.91. The lowest BCUT2D eigenvalue weighted by Gasteiger charge is -2.31. The second kappa shape index (κ2) is 7.42. The number of hydrogen-bond acceptors (Lipinski definition) is 3. The highest BCUT2D eigenvalue weighted by Crippen LogP contribution is 2.18. The zero-order valence-electron chi connectivity index (χ0n) is 13.0. The molecule has 1 aromatic heterocycles. The number of rotatable bonds is 5. The molecule has 5 heteroatoms. The molecule has 0 unspecified atom stereocenters. The standard InChI is InChI=1S/C18H21FN2O2/c19-16-4-1-3-15(11-16)18(22)20-12-14-6-8-21(9-7-14)13-17-5-2-10-23-17/h1-5,10-11,14H,6-9,12-13H2,(H,20,22). The summed E-state index contributed by atoms with van der Waals surface area (Å²) in [5.41, 5.74) is 0.375. The number of nitrogens with one attached hydrogen (secondary N) is 1. The molecule has 23 heavy (non-hydrogen) atoms. The molecule has 1 aliphatic heterocycles. The van der Waals surface area contributed by atoms with Gasteiger partial charge in [-0.25, -0.2) is 4.39 Å². The van der Waals surface area contributed by atoms with Gasteiger partial charge in [-0.05, 0) is 62.2 Å². The molecule has 0 atom stereocenters. The third-order valence-corrected chi connectivity index (χ3v) is 4.30. The van der Waals surface area contributed by atoms with Crippen molar-refractivity contribution in [2.45, 2.75) is 19.4 Å². The number of benzene rings is 1. The van der Waals surface area contributed by atoms with Crippen LogP contribution in [-0.4, -0.2) is 30.4 Å². The van der Waals surface area contributed by atoms with Crippen LogP contribution in [0.2, 0.25) is 0 Å². The highest BCUT2D eigenvalue weighted by Gasteiger charge is 2.20. The number of carbonyl (C=O) groups is 1. The van der Waals surface area contributed by atoms with Crippen molar-refractivity contribution in [2.75, 3.05) is 19.6 Å². The van der Waals surface area contributed by atoms with Crippen LogP contribution in [0.1, 0.15) is 29.0 Å². The Labute approximate surface area is 135 Å². The Morgan fingerprint density at radius 3 is 2.78 bits per heavy atom. The fourth-order valence-electron chi connectivity index (χ4n) is 2.94. The van der Waals surface area contributed by atoms with Crippen LogP contribution in [0.5, 0.6) is 0 Å². The van der Waals surface area contributed by atoms with E-state index in [-0.39, 0.29) is 11.7 Å². The highest BCUT2D eigenvalue weighted by atomic mass is 19.1. The second-order valence-corrected chi connectivity index (χ2v) is 6.02. The van der Waals surface area contributed by atoms with Crippen molar-refractivity contribution >= 4 is 5.91 Å². The molecule has 2 aromatic rings. The fourth-order valence-corrected chi connectivity index (χ4v) is 2.94. The lowest BCUT2D eigenvalue weighted by molar-refractivity contribution is 0.0933. The van der Waals surface area contributed by atoms with E-state index in [1.807, 2.05) is 12.1 Å². The Bertz CT molecular complexity index is 634. The van der Waals surface area contributed by atoms with Gasteiger partial charge in [-0.1, -0.05) is 6.07 Å². The van der Waals surface area contributed by atoms with Crippen molar-refractivity contribution in [3.63, 3.8) is 0 Å². The van der Waals surface area contributed by atoms with Gasteiger partial charge >= 0.3 is 0 Å². The lowest BCUT2D eigenvalue weighted by Crippen LogP contribution is -2.38. The van der Waals surface area contributed by atoms with Gasteiger partial charge in [0.25, 0.3) is 5.91 Å². The van der Waals surface area contributed by atoms with Crippen molar-refractivity contribution in [3.8, 4) is 0 Å². The Hall–Kier alpha value is -2.14. The van der Waals surface area contributed by atoms with E-state index in [4.69, 9.17) is 4.42 Å². The van der Waals surface area contributed by atoms with Crippen LogP contribution in [0.25, 0.3) is 0 Å². The fraction of sp³-hybridized carbons (Fsp3) is 0.389. The third kappa shape index (κ3) is 4.42. The Morgan fingerprint density at radius 2 is 2.09 bits per heavy atom. The van der Waals surface area contributed by atoms with E-state index < -0.39 is 0 Å². The number of furan rings is 1. The first-order valence-corrected chi connectivity index (χ1v) is 7.99. The molecule has 1 aliphatic rings. The van der Waals surface area contributed by atoms with Crippen LogP contribution in [0.15, 0.2) is 47.1 Å². The van der Waals surface area contributed by atoms with Crippen LogP contribution in [-0.2, 0) is 6.54 Å². The Balaban J connectivity index is 1.41. The number of piperidine rings is 1. The average molecular weight is 316 g/mol. The Kier molecular flexibility index (Phi) is 5.08. The molecule has 0 bridgehead atoms. The molecule has 4 nitrogen and oxygen atoms in total. The SMILES string of the molecule is O=C(NCC1CCN(Cc2ccco2)CC1)c1cccc(F)c1. The summed E-state index contributed by atoms with van der Waals surface area (Å²) in [4.78, 5) is 14.4. The maximum Gasteiger partial charge on any atom is 0.251 e. The molecule has 1 N–H and O–H groups in total. The molecule has 1 fully saturated rings. The van der Waals surface area contributed by atoms with Gasteiger partial charge in [0.05, 0.1) is 12.8 Å². The Morgan fingerprint density at radius 1 is 1.26 bits per heavy atom. The lowest BCUT2D eigenvalue weighted by atomic mass is 9.96. The third-order valence-electron chi connectivity index (χ3n) is 4.30. The average Bonchev–Trinajstić information content (AvgIpc) is 3.07. The smallest absolute Gasteiger partial charge is 0.251 e. The number of amides is 1. The van der Waals surface area contributed by atoms with Crippen molar-refractivity contribution in [1.29, 1.82) is 0 Å². The number of likely N-dealkylation sites (tertiary alicyclic amines) is 1. The first kappa shape index (κ1) is 15.7. The van der Waals surface area contributed by atoms with Gasteiger partial charge in [0.2, 0.25) is 0 Å². The molecule has 0 saturated carbocycles. The van der Waals surface area contributed by atoms with Crippen LogP contribution in [0.4, 0.5) is 4.39 Å². The summed E-state index contributed by atoms with van der Waals surface area (Å²) >= 11 is 0. The van der Waals surface area contributed by atoms with Gasteiger partial charge in [-0.3, -0.25) is 9.69 Å². The van der Waals surface area contributed by atoms with E-state index in [9.17, 15) is 9.18 Å². The van der Waals surface area contributed by atoms with Gasteiger partial charge in [-0.2, -0.15) is 0 Å². The van der Waals surface area contributed by atoms with Crippen molar-refractivity contribution in [1.82, 2.24) is 10.2 Å². The number of hydrogen-bond donors (Lipinski definition) is 1. The molecule has 2 heterocycles. The molecular formula is C18H21FN2O2. The normalized spacial score (nSPS) is 16.4. The maximum atomic E-state index is 13.1. The van der Waals surface area contributed by atoms with Gasteiger partial charge in [0.1, 0.15) is 11.6 Å². The highest BCUT2D eigenvalue weighted by molar-refractivity contribution is 5.94. The summed E-state index contributed by atoms with van der Waals surface area (Å²) in [6, 6.07) is 9.68. The predicted molar refractivity (Wildman–Crippen MR) is 85.4 cm³/mol.